The van der Waals surface area contributed by atoms with Crippen molar-refractivity contribution in [1.29, 1.82) is 0 Å². The Morgan fingerprint density at radius 2 is 1.19 bits per heavy atom. The molecule has 0 saturated heterocycles. The number of hydrogen-bond donors (Lipinski definition) is 2. The zero-order valence-corrected chi connectivity index (χ0v) is 13.4. The monoisotopic (exact) mass is 296 g/mol. The first kappa shape index (κ1) is 18.0. The number of hydrogen-bond acceptors (Lipinski definition) is 2. The van der Waals surface area contributed by atoms with Crippen molar-refractivity contribution in [2.75, 3.05) is 0 Å². The molecule has 1 rings (SSSR count). The van der Waals surface area contributed by atoms with Crippen LogP contribution in [-0.4, -0.2) is 11.8 Å². The molecule has 0 aromatic rings. The van der Waals surface area contributed by atoms with Gasteiger partial charge in [-0.2, -0.15) is 0 Å². The van der Waals surface area contributed by atoms with Crippen LogP contribution in [0.1, 0.15) is 89.9 Å². The van der Waals surface area contributed by atoms with Crippen molar-refractivity contribution in [3.63, 3.8) is 0 Å². The summed E-state index contributed by atoms with van der Waals surface area (Å²) in [6, 6.07) is 0. The summed E-state index contributed by atoms with van der Waals surface area (Å²) in [6.45, 7) is 0. The molecule has 1 aliphatic carbocycles. The van der Waals surface area contributed by atoms with Gasteiger partial charge in [0, 0.05) is 11.8 Å². The number of primary amides is 2. The average molecular weight is 296 g/mol. The first-order chi connectivity index (χ1) is 10.1. The molecule has 0 aliphatic heterocycles. The van der Waals surface area contributed by atoms with Gasteiger partial charge in [0.05, 0.1) is 0 Å². The van der Waals surface area contributed by atoms with E-state index in [9.17, 15) is 9.59 Å². The standard InChI is InChI=1S/C17H32N2O2/c18-15(20)11-10-14-17(16(19)21)12-8-6-4-2-1-3-5-7-9-13-17/h1-14H2,(H2,18,20)(H2,19,21). The number of carbonyl (C=O) groups is 2. The maximum absolute atomic E-state index is 12.1. The van der Waals surface area contributed by atoms with E-state index >= 15 is 0 Å². The highest BCUT2D eigenvalue weighted by molar-refractivity contribution is 5.81. The molecule has 0 bridgehead atoms. The molecule has 0 spiro atoms. The molecule has 0 aromatic carbocycles. The summed E-state index contributed by atoms with van der Waals surface area (Å²) in [7, 11) is 0. The van der Waals surface area contributed by atoms with E-state index in [2.05, 4.69) is 0 Å². The van der Waals surface area contributed by atoms with Crippen LogP contribution in [-0.2, 0) is 9.59 Å². The highest BCUT2D eigenvalue weighted by Crippen LogP contribution is 2.37. The Labute approximate surface area is 129 Å². The van der Waals surface area contributed by atoms with Crippen LogP contribution >= 0.6 is 0 Å². The highest BCUT2D eigenvalue weighted by atomic mass is 16.1. The second kappa shape index (κ2) is 9.80. The minimum absolute atomic E-state index is 0.177. The van der Waals surface area contributed by atoms with Crippen LogP contribution in [0.5, 0.6) is 0 Å². The molecule has 1 saturated carbocycles. The van der Waals surface area contributed by atoms with Crippen molar-refractivity contribution >= 4 is 11.8 Å². The lowest BCUT2D eigenvalue weighted by Gasteiger charge is -2.31. The molecule has 4 nitrogen and oxygen atoms in total. The maximum Gasteiger partial charge on any atom is 0.223 e. The second-order valence-corrected chi connectivity index (χ2v) is 6.65. The Morgan fingerprint density at radius 1 is 0.762 bits per heavy atom. The summed E-state index contributed by atoms with van der Waals surface area (Å²) in [5.41, 5.74) is 10.5. The predicted molar refractivity (Wildman–Crippen MR) is 85.5 cm³/mol. The maximum atomic E-state index is 12.1. The van der Waals surface area contributed by atoms with E-state index in [-0.39, 0.29) is 11.8 Å². The van der Waals surface area contributed by atoms with Gasteiger partial charge in [0.15, 0.2) is 0 Å². The SMILES string of the molecule is NC(=O)CCCC1(C(N)=O)CCCCCCCCCCC1. The van der Waals surface area contributed by atoms with Crippen LogP contribution in [0.15, 0.2) is 0 Å². The summed E-state index contributed by atoms with van der Waals surface area (Å²) < 4.78 is 0. The molecule has 0 atom stereocenters. The van der Waals surface area contributed by atoms with E-state index in [1.54, 1.807) is 0 Å². The van der Waals surface area contributed by atoms with Gasteiger partial charge in [-0.3, -0.25) is 9.59 Å². The normalized spacial score (nSPS) is 21.0. The van der Waals surface area contributed by atoms with Crippen LogP contribution in [0, 0.1) is 5.41 Å². The Kier molecular flexibility index (Phi) is 8.40. The van der Waals surface area contributed by atoms with Crippen LogP contribution in [0.25, 0.3) is 0 Å². The third-order valence-electron chi connectivity index (χ3n) is 4.91. The number of carbonyl (C=O) groups excluding carboxylic acids is 2. The van der Waals surface area contributed by atoms with Gasteiger partial charge in [0.25, 0.3) is 0 Å². The highest BCUT2D eigenvalue weighted by Gasteiger charge is 2.34. The largest absolute Gasteiger partial charge is 0.370 e. The zero-order chi connectivity index (χ0) is 15.6. The van der Waals surface area contributed by atoms with Gasteiger partial charge in [0.1, 0.15) is 0 Å². The Hall–Kier alpha value is -1.06. The van der Waals surface area contributed by atoms with Gasteiger partial charge in [-0.1, -0.05) is 57.8 Å². The van der Waals surface area contributed by atoms with Gasteiger partial charge in [-0.25, -0.2) is 0 Å². The Morgan fingerprint density at radius 3 is 1.57 bits per heavy atom. The number of amides is 2. The van der Waals surface area contributed by atoms with Gasteiger partial charge < -0.3 is 11.5 Å². The van der Waals surface area contributed by atoms with E-state index in [1.165, 1.54) is 44.9 Å². The quantitative estimate of drug-likeness (QED) is 0.814. The van der Waals surface area contributed by atoms with E-state index < -0.39 is 5.41 Å². The van der Waals surface area contributed by atoms with E-state index in [4.69, 9.17) is 11.5 Å². The van der Waals surface area contributed by atoms with Crippen molar-refractivity contribution in [2.45, 2.75) is 89.9 Å². The third-order valence-corrected chi connectivity index (χ3v) is 4.91. The third kappa shape index (κ3) is 6.96. The molecule has 0 heterocycles. The summed E-state index contributed by atoms with van der Waals surface area (Å²) in [5.74, 6) is -0.466. The lowest BCUT2D eigenvalue weighted by molar-refractivity contribution is -0.129. The van der Waals surface area contributed by atoms with Crippen LogP contribution in [0.3, 0.4) is 0 Å². The van der Waals surface area contributed by atoms with Crippen molar-refractivity contribution in [2.24, 2.45) is 16.9 Å². The summed E-state index contributed by atoms with van der Waals surface area (Å²) >= 11 is 0. The molecule has 4 N–H and O–H groups in total. The van der Waals surface area contributed by atoms with Crippen LogP contribution in [0.4, 0.5) is 0 Å². The van der Waals surface area contributed by atoms with Gasteiger partial charge in [0.2, 0.25) is 11.8 Å². The van der Waals surface area contributed by atoms with Gasteiger partial charge >= 0.3 is 0 Å². The van der Waals surface area contributed by atoms with Crippen molar-refractivity contribution in [1.82, 2.24) is 0 Å². The van der Waals surface area contributed by atoms with E-state index in [0.717, 1.165) is 25.7 Å². The smallest absolute Gasteiger partial charge is 0.223 e. The van der Waals surface area contributed by atoms with Gasteiger partial charge in [-0.05, 0) is 25.7 Å². The minimum atomic E-state index is -0.408. The molecule has 1 aliphatic rings. The Bertz CT molecular complexity index is 317. The summed E-state index contributed by atoms with van der Waals surface area (Å²) in [6.07, 6.45) is 14.5. The molecular formula is C17H32N2O2. The Balaban J connectivity index is 2.63. The van der Waals surface area contributed by atoms with E-state index in [1.807, 2.05) is 0 Å². The minimum Gasteiger partial charge on any atom is -0.370 e. The molecule has 1 fully saturated rings. The van der Waals surface area contributed by atoms with Crippen molar-refractivity contribution in [3.8, 4) is 0 Å². The molecule has 0 radical (unpaired) electrons. The van der Waals surface area contributed by atoms with Crippen LogP contribution < -0.4 is 11.5 Å². The van der Waals surface area contributed by atoms with E-state index in [0.29, 0.717) is 19.3 Å². The lowest BCUT2D eigenvalue weighted by Crippen LogP contribution is -2.37. The van der Waals surface area contributed by atoms with Crippen LogP contribution in [0.2, 0.25) is 0 Å². The van der Waals surface area contributed by atoms with Crippen molar-refractivity contribution in [3.05, 3.63) is 0 Å². The molecule has 2 amide bonds. The number of rotatable bonds is 5. The first-order valence-electron chi connectivity index (χ1n) is 8.65. The second-order valence-electron chi connectivity index (χ2n) is 6.65. The molecular weight excluding hydrogens is 264 g/mol. The number of nitrogens with two attached hydrogens (primary N) is 2. The first-order valence-corrected chi connectivity index (χ1v) is 8.65. The molecule has 0 aromatic heterocycles. The fourth-order valence-corrected chi connectivity index (χ4v) is 3.51. The molecule has 4 heteroatoms. The lowest BCUT2D eigenvalue weighted by atomic mass is 9.73. The summed E-state index contributed by atoms with van der Waals surface area (Å²) in [4.78, 5) is 23.0. The van der Waals surface area contributed by atoms with Crippen molar-refractivity contribution < 1.29 is 9.59 Å². The summed E-state index contributed by atoms with van der Waals surface area (Å²) in [5, 5.41) is 0. The zero-order valence-electron chi connectivity index (χ0n) is 13.4. The van der Waals surface area contributed by atoms with Gasteiger partial charge in [-0.15, -0.1) is 0 Å². The topological polar surface area (TPSA) is 86.2 Å². The predicted octanol–water partition coefficient (Wildman–Crippen LogP) is 3.42. The molecule has 0 unspecified atom stereocenters. The fraction of sp³-hybridized carbons (Fsp3) is 0.882. The molecule has 21 heavy (non-hydrogen) atoms. The fourth-order valence-electron chi connectivity index (χ4n) is 3.51. The average Bonchev–Trinajstić information content (AvgIpc) is 2.41. The molecule has 122 valence electrons.